The Labute approximate surface area is 156 Å². The molecule has 1 aromatic heterocycles. The second-order valence-electron chi connectivity index (χ2n) is 6.03. The Morgan fingerprint density at radius 1 is 1.15 bits per heavy atom. The minimum Gasteiger partial charge on any atom is -0.497 e. The predicted octanol–water partition coefficient (Wildman–Crippen LogP) is 3.34. The first-order chi connectivity index (χ1) is 12.6. The van der Waals surface area contributed by atoms with Crippen molar-refractivity contribution in [3.63, 3.8) is 0 Å². The van der Waals surface area contributed by atoms with Gasteiger partial charge in [0, 0.05) is 13.7 Å². The Balaban J connectivity index is 1.92. The lowest BCUT2D eigenvalue weighted by Crippen LogP contribution is -2.19. The molecule has 3 rings (SSSR count). The summed E-state index contributed by atoms with van der Waals surface area (Å²) in [5.41, 5.74) is 3.18. The highest BCUT2D eigenvalue weighted by Crippen LogP contribution is 2.19. The van der Waals surface area contributed by atoms with Gasteiger partial charge >= 0.3 is 0 Å². The van der Waals surface area contributed by atoms with E-state index in [0.29, 0.717) is 18.0 Å². The van der Waals surface area contributed by atoms with Crippen LogP contribution in [0.4, 0.5) is 0 Å². The molecule has 0 unspecified atom stereocenters. The number of amides is 1. The lowest BCUT2D eigenvalue weighted by atomic mass is 10.1. The number of fused-ring (bicyclic) bond motifs is 1. The van der Waals surface area contributed by atoms with E-state index in [-0.39, 0.29) is 12.3 Å². The molecule has 3 aromatic rings. The summed E-state index contributed by atoms with van der Waals surface area (Å²) in [5.74, 6) is 0.611. The topological polar surface area (TPSA) is 52.8 Å². The van der Waals surface area contributed by atoms with Gasteiger partial charge in [-0.05, 0) is 42.3 Å². The molecule has 1 amide bonds. The van der Waals surface area contributed by atoms with Crippen LogP contribution in [0.1, 0.15) is 11.1 Å². The van der Waals surface area contributed by atoms with Crippen LogP contribution in [-0.4, -0.2) is 31.3 Å². The van der Waals surface area contributed by atoms with Gasteiger partial charge in [-0.3, -0.25) is 4.79 Å². The monoisotopic (exact) mass is 370 g/mol. The van der Waals surface area contributed by atoms with Crippen molar-refractivity contribution in [2.45, 2.75) is 19.9 Å². The van der Waals surface area contributed by atoms with Crippen LogP contribution in [0, 0.1) is 6.92 Å². The number of thiazole rings is 1. The zero-order valence-electron chi connectivity index (χ0n) is 15.2. The first-order valence-electron chi connectivity index (χ1n) is 8.40. The molecule has 0 aliphatic rings. The fraction of sp³-hybridized carbons (Fsp3) is 0.300. The molecule has 0 bridgehead atoms. The molecular formula is C20H22N2O3S. The van der Waals surface area contributed by atoms with Crippen LogP contribution >= 0.6 is 11.3 Å². The number of nitrogens with zero attached hydrogens (tertiary/aromatic N) is 2. The second kappa shape index (κ2) is 8.29. The lowest BCUT2D eigenvalue weighted by molar-refractivity contribution is -0.117. The van der Waals surface area contributed by atoms with Crippen molar-refractivity contribution in [1.29, 1.82) is 0 Å². The molecule has 0 aliphatic carbocycles. The number of benzene rings is 2. The van der Waals surface area contributed by atoms with Gasteiger partial charge in [-0.1, -0.05) is 29.5 Å². The first kappa shape index (κ1) is 18.4. The number of carbonyl (C=O) groups is 1. The van der Waals surface area contributed by atoms with Crippen molar-refractivity contribution >= 4 is 27.5 Å². The Bertz CT molecular complexity index is 971. The standard InChI is InChI=1S/C20H22N2O3S/c1-14-4-9-17-18(12-14)26-20(22(17)10-11-24-2)21-19(23)13-15-5-7-16(25-3)8-6-15/h4-9,12H,10-11,13H2,1-3H3. The third-order valence-corrected chi connectivity index (χ3v) is 5.13. The summed E-state index contributed by atoms with van der Waals surface area (Å²) in [6.07, 6.45) is 0.265. The number of hydrogen-bond acceptors (Lipinski definition) is 4. The fourth-order valence-corrected chi connectivity index (χ4v) is 3.90. The van der Waals surface area contributed by atoms with Gasteiger partial charge in [0.05, 0.1) is 30.4 Å². The average Bonchev–Trinajstić information content (AvgIpc) is 2.96. The van der Waals surface area contributed by atoms with Crippen LogP contribution in [0.5, 0.6) is 5.75 Å². The van der Waals surface area contributed by atoms with Gasteiger partial charge in [0.1, 0.15) is 5.75 Å². The van der Waals surface area contributed by atoms with Gasteiger partial charge in [-0.2, -0.15) is 4.99 Å². The highest BCUT2D eigenvalue weighted by atomic mass is 32.1. The Morgan fingerprint density at radius 2 is 1.92 bits per heavy atom. The minimum atomic E-state index is -0.162. The van der Waals surface area contributed by atoms with Gasteiger partial charge in [0.15, 0.2) is 4.80 Å². The molecule has 5 nitrogen and oxygen atoms in total. The maximum Gasteiger partial charge on any atom is 0.252 e. The molecule has 0 saturated heterocycles. The summed E-state index contributed by atoms with van der Waals surface area (Å²) in [4.78, 5) is 17.6. The quantitative estimate of drug-likeness (QED) is 0.669. The number of hydrogen-bond donors (Lipinski definition) is 0. The highest BCUT2D eigenvalue weighted by molar-refractivity contribution is 7.16. The van der Waals surface area contributed by atoms with E-state index in [1.165, 1.54) is 16.9 Å². The largest absolute Gasteiger partial charge is 0.497 e. The predicted molar refractivity (Wildman–Crippen MR) is 104 cm³/mol. The highest BCUT2D eigenvalue weighted by Gasteiger charge is 2.09. The van der Waals surface area contributed by atoms with Crippen LogP contribution in [0.2, 0.25) is 0 Å². The van der Waals surface area contributed by atoms with E-state index in [0.717, 1.165) is 21.5 Å². The number of aryl methyl sites for hydroxylation is 1. The SMILES string of the molecule is COCCn1c(=NC(=O)Cc2ccc(OC)cc2)sc2cc(C)ccc21. The zero-order chi connectivity index (χ0) is 18.5. The molecule has 0 atom stereocenters. The Kier molecular flexibility index (Phi) is 5.85. The van der Waals surface area contributed by atoms with Crippen molar-refractivity contribution in [3.05, 3.63) is 58.4 Å². The molecule has 0 fully saturated rings. The summed E-state index contributed by atoms with van der Waals surface area (Å²) in [7, 11) is 3.29. The summed E-state index contributed by atoms with van der Waals surface area (Å²) < 4.78 is 13.5. The number of methoxy groups -OCH3 is 2. The van der Waals surface area contributed by atoms with E-state index in [1.807, 2.05) is 24.3 Å². The molecule has 26 heavy (non-hydrogen) atoms. The van der Waals surface area contributed by atoms with Gasteiger partial charge < -0.3 is 14.0 Å². The van der Waals surface area contributed by atoms with Crippen LogP contribution < -0.4 is 9.54 Å². The normalized spacial score (nSPS) is 11.9. The molecule has 6 heteroatoms. The lowest BCUT2D eigenvalue weighted by Gasteiger charge is -2.04. The summed E-state index contributed by atoms with van der Waals surface area (Å²) in [6.45, 7) is 3.29. The first-order valence-corrected chi connectivity index (χ1v) is 9.22. The van der Waals surface area contributed by atoms with E-state index < -0.39 is 0 Å². The van der Waals surface area contributed by atoms with E-state index in [4.69, 9.17) is 9.47 Å². The average molecular weight is 370 g/mol. The van der Waals surface area contributed by atoms with Crippen LogP contribution in [0.25, 0.3) is 10.2 Å². The van der Waals surface area contributed by atoms with Crippen molar-refractivity contribution < 1.29 is 14.3 Å². The van der Waals surface area contributed by atoms with E-state index >= 15 is 0 Å². The van der Waals surface area contributed by atoms with Gasteiger partial charge in [-0.25, -0.2) is 0 Å². The molecule has 1 heterocycles. The number of rotatable bonds is 6. The molecule has 0 radical (unpaired) electrons. The molecule has 0 spiro atoms. The number of carbonyl (C=O) groups excluding carboxylic acids is 1. The molecular weight excluding hydrogens is 348 g/mol. The van der Waals surface area contributed by atoms with Crippen LogP contribution in [-0.2, 0) is 22.5 Å². The summed E-state index contributed by atoms with van der Waals surface area (Å²) in [6, 6.07) is 13.7. The van der Waals surface area contributed by atoms with Gasteiger partial charge in [0.25, 0.3) is 5.91 Å². The van der Waals surface area contributed by atoms with E-state index in [2.05, 4.69) is 34.7 Å². The Morgan fingerprint density at radius 3 is 2.62 bits per heavy atom. The molecule has 0 saturated carbocycles. The van der Waals surface area contributed by atoms with Gasteiger partial charge in [-0.15, -0.1) is 0 Å². The summed E-state index contributed by atoms with van der Waals surface area (Å²) in [5, 5.41) is 0. The van der Waals surface area contributed by atoms with Crippen LogP contribution in [0.3, 0.4) is 0 Å². The van der Waals surface area contributed by atoms with Gasteiger partial charge in [0.2, 0.25) is 0 Å². The molecule has 2 aromatic carbocycles. The number of aromatic nitrogens is 1. The third-order valence-electron chi connectivity index (χ3n) is 4.09. The number of ether oxygens (including phenoxy) is 2. The smallest absolute Gasteiger partial charge is 0.252 e. The second-order valence-corrected chi connectivity index (χ2v) is 7.04. The molecule has 0 aliphatic heterocycles. The molecule has 0 N–H and O–H groups in total. The zero-order valence-corrected chi connectivity index (χ0v) is 16.0. The van der Waals surface area contributed by atoms with Crippen molar-refractivity contribution in [3.8, 4) is 5.75 Å². The van der Waals surface area contributed by atoms with E-state index in [9.17, 15) is 4.79 Å². The summed E-state index contributed by atoms with van der Waals surface area (Å²) >= 11 is 1.53. The van der Waals surface area contributed by atoms with Crippen molar-refractivity contribution in [1.82, 2.24) is 4.57 Å². The minimum absolute atomic E-state index is 0.162. The Hall–Kier alpha value is -2.44. The van der Waals surface area contributed by atoms with E-state index in [1.54, 1.807) is 14.2 Å². The molecule has 136 valence electrons. The third kappa shape index (κ3) is 4.20. The van der Waals surface area contributed by atoms with Crippen molar-refractivity contribution in [2.75, 3.05) is 20.8 Å². The maximum absolute atomic E-state index is 12.5. The maximum atomic E-state index is 12.5. The fourth-order valence-electron chi connectivity index (χ4n) is 2.73. The van der Waals surface area contributed by atoms with Crippen molar-refractivity contribution in [2.24, 2.45) is 4.99 Å². The van der Waals surface area contributed by atoms with Crippen LogP contribution in [0.15, 0.2) is 47.5 Å².